The first-order valence-electron chi connectivity index (χ1n) is 20.6. The molecule has 0 heterocycles. The lowest BCUT2D eigenvalue weighted by Gasteiger charge is -2.16. The Balaban J connectivity index is 4.25. The average molecular weight is 674 g/mol. The van der Waals surface area contributed by atoms with Crippen molar-refractivity contribution in [2.45, 2.75) is 213 Å². The van der Waals surface area contributed by atoms with Gasteiger partial charge >= 0.3 is 5.97 Å². The van der Waals surface area contributed by atoms with Crippen LogP contribution in [0.1, 0.15) is 206 Å². The highest BCUT2D eigenvalue weighted by Crippen LogP contribution is 2.15. The second-order valence-electron chi connectivity index (χ2n) is 14.4. The maximum absolute atomic E-state index is 13.1. The van der Waals surface area contributed by atoms with Gasteiger partial charge in [-0.15, -0.1) is 0 Å². The summed E-state index contributed by atoms with van der Waals surface area (Å²) >= 11 is 0. The molecule has 0 aromatic rings. The second kappa shape index (κ2) is 36.5. The summed E-state index contributed by atoms with van der Waals surface area (Å²) in [7, 11) is 3.92. The predicted molar refractivity (Wildman–Crippen MR) is 207 cm³/mol. The van der Waals surface area contributed by atoms with Gasteiger partial charge < -0.3 is 9.64 Å². The maximum atomic E-state index is 13.1. The van der Waals surface area contributed by atoms with Crippen LogP contribution >= 0.6 is 0 Å². The average Bonchev–Trinajstić information content (AvgIpc) is 3.06. The molecule has 48 heavy (non-hydrogen) atoms. The number of rotatable bonds is 37. The van der Waals surface area contributed by atoms with E-state index < -0.39 is 12.1 Å². The molecule has 0 N–H and O–H groups in total. The zero-order valence-corrected chi connectivity index (χ0v) is 32.4. The Hall–Kier alpha value is -1.75. The van der Waals surface area contributed by atoms with Crippen LogP contribution in [0, 0.1) is 0 Å². The number of carbonyl (C=O) groups excluding carboxylic acids is 3. The van der Waals surface area contributed by atoms with Crippen molar-refractivity contribution in [1.82, 2.24) is 4.90 Å². The molecule has 0 saturated carbocycles. The van der Waals surface area contributed by atoms with Gasteiger partial charge in [0.2, 0.25) is 6.10 Å². The predicted octanol–water partition coefficient (Wildman–Crippen LogP) is 12.5. The molecule has 0 saturated heterocycles. The van der Waals surface area contributed by atoms with E-state index in [0.29, 0.717) is 19.3 Å². The Kier molecular flexibility index (Phi) is 35.2. The van der Waals surface area contributed by atoms with E-state index in [2.05, 4.69) is 38.2 Å². The van der Waals surface area contributed by atoms with Gasteiger partial charge in [-0.3, -0.25) is 14.4 Å². The Morgan fingerprint density at radius 3 is 1.15 bits per heavy atom. The van der Waals surface area contributed by atoms with Crippen LogP contribution in [-0.2, 0) is 19.1 Å². The zero-order chi connectivity index (χ0) is 35.3. The quantitative estimate of drug-likeness (QED) is 0.0284. The first kappa shape index (κ1) is 46.2. The summed E-state index contributed by atoms with van der Waals surface area (Å²) in [6.45, 7) is 5.29. The number of hydrogen-bond donors (Lipinski definition) is 0. The highest BCUT2D eigenvalue weighted by atomic mass is 16.5. The van der Waals surface area contributed by atoms with Crippen molar-refractivity contribution in [2.75, 3.05) is 20.6 Å². The van der Waals surface area contributed by atoms with Gasteiger partial charge in [0.1, 0.15) is 0 Å². The molecule has 0 aliphatic heterocycles. The van der Waals surface area contributed by atoms with Crippen molar-refractivity contribution in [3.63, 3.8) is 0 Å². The summed E-state index contributed by atoms with van der Waals surface area (Å²) in [5.41, 5.74) is 0. The molecule has 0 amide bonds. The highest BCUT2D eigenvalue weighted by Gasteiger charge is 2.29. The fourth-order valence-corrected chi connectivity index (χ4v) is 6.04. The zero-order valence-electron chi connectivity index (χ0n) is 32.4. The number of allylic oxidation sites excluding steroid dienone is 4. The monoisotopic (exact) mass is 674 g/mol. The van der Waals surface area contributed by atoms with Gasteiger partial charge in [-0.2, -0.15) is 0 Å². The van der Waals surface area contributed by atoms with Crippen LogP contribution < -0.4 is 0 Å². The van der Waals surface area contributed by atoms with Crippen molar-refractivity contribution in [1.29, 1.82) is 0 Å². The van der Waals surface area contributed by atoms with E-state index in [1.807, 2.05) is 19.0 Å². The van der Waals surface area contributed by atoms with Crippen molar-refractivity contribution in [3.8, 4) is 0 Å². The molecule has 0 aliphatic carbocycles. The van der Waals surface area contributed by atoms with E-state index in [9.17, 15) is 14.4 Å². The standard InChI is InChI=1S/C43H79NO4/c1-5-7-9-11-13-15-17-19-21-23-25-27-29-31-33-36-40(45)43(48-42(47)38-35-39-44(3)4)41(46)37-34-32-30-28-26-24-22-20-18-16-14-12-10-8-6-2/h19-22,43H,5-18,23-39H2,1-4H3/b21-19-,22-20-. The van der Waals surface area contributed by atoms with E-state index in [1.54, 1.807) is 0 Å². The molecule has 0 aliphatic rings. The van der Waals surface area contributed by atoms with Crippen molar-refractivity contribution in [2.24, 2.45) is 0 Å². The SMILES string of the molecule is CCCCCCCC/C=C\CCCCCCCC(=O)C(OC(=O)CCCN(C)C)C(=O)CCCCCCC/C=C\CCCCCCCC. The summed E-state index contributed by atoms with van der Waals surface area (Å²) in [6, 6.07) is 0. The van der Waals surface area contributed by atoms with Gasteiger partial charge in [-0.05, 0) is 91.3 Å². The van der Waals surface area contributed by atoms with E-state index in [0.717, 1.165) is 70.8 Å². The molecule has 0 bridgehead atoms. The number of carbonyl (C=O) groups is 3. The topological polar surface area (TPSA) is 63.7 Å². The molecule has 5 heteroatoms. The third-order valence-electron chi connectivity index (χ3n) is 9.19. The van der Waals surface area contributed by atoms with Gasteiger partial charge in [-0.1, -0.05) is 141 Å². The summed E-state index contributed by atoms with van der Waals surface area (Å²) in [5.74, 6) is -0.865. The largest absolute Gasteiger partial charge is 0.446 e. The Bertz CT molecular complexity index is 751. The molecule has 0 aromatic carbocycles. The van der Waals surface area contributed by atoms with Crippen molar-refractivity contribution < 1.29 is 19.1 Å². The number of hydrogen-bond acceptors (Lipinski definition) is 5. The second-order valence-corrected chi connectivity index (χ2v) is 14.4. The van der Waals surface area contributed by atoms with Gasteiger partial charge in [0.05, 0.1) is 0 Å². The number of ketones is 2. The summed E-state index contributed by atoms with van der Waals surface area (Å²) in [4.78, 5) is 40.7. The van der Waals surface area contributed by atoms with Crippen LogP contribution in [0.25, 0.3) is 0 Å². The minimum atomic E-state index is -1.22. The third kappa shape index (κ3) is 32.8. The smallest absolute Gasteiger partial charge is 0.306 e. The molecule has 0 radical (unpaired) electrons. The molecule has 0 rings (SSSR count). The maximum Gasteiger partial charge on any atom is 0.306 e. The lowest BCUT2D eigenvalue weighted by molar-refractivity contribution is -0.160. The minimum absolute atomic E-state index is 0.216. The van der Waals surface area contributed by atoms with Crippen LogP contribution in [0.3, 0.4) is 0 Å². The summed E-state index contributed by atoms with van der Waals surface area (Å²) in [5, 5.41) is 0. The van der Waals surface area contributed by atoms with Crippen LogP contribution in [0.15, 0.2) is 24.3 Å². The lowest BCUT2D eigenvalue weighted by atomic mass is 9.99. The number of ether oxygens (including phenoxy) is 1. The number of nitrogens with zero attached hydrogens (tertiary/aromatic N) is 1. The normalized spacial score (nSPS) is 11.9. The van der Waals surface area contributed by atoms with E-state index in [1.165, 1.54) is 103 Å². The van der Waals surface area contributed by atoms with Crippen LogP contribution in [0.5, 0.6) is 0 Å². The summed E-state index contributed by atoms with van der Waals surface area (Å²) < 4.78 is 5.53. The van der Waals surface area contributed by atoms with Gasteiger partial charge in [0, 0.05) is 19.3 Å². The Morgan fingerprint density at radius 1 is 0.458 bits per heavy atom. The number of Topliss-reactive ketones (excluding diaryl/α,β-unsaturated/α-hetero) is 2. The fourth-order valence-electron chi connectivity index (χ4n) is 6.04. The minimum Gasteiger partial charge on any atom is -0.446 e. The first-order chi connectivity index (χ1) is 23.4. The van der Waals surface area contributed by atoms with Crippen LogP contribution in [-0.4, -0.2) is 49.2 Å². The third-order valence-corrected chi connectivity index (χ3v) is 9.19. The molecule has 0 fully saturated rings. The van der Waals surface area contributed by atoms with Gasteiger partial charge in [0.25, 0.3) is 0 Å². The Morgan fingerprint density at radius 2 is 0.792 bits per heavy atom. The lowest BCUT2D eigenvalue weighted by Crippen LogP contribution is -2.35. The van der Waals surface area contributed by atoms with E-state index in [-0.39, 0.29) is 18.0 Å². The number of esters is 1. The summed E-state index contributed by atoms with van der Waals surface area (Å²) in [6.07, 6.45) is 40.8. The fraction of sp³-hybridized carbons (Fsp3) is 0.837. The van der Waals surface area contributed by atoms with Crippen LogP contribution in [0.4, 0.5) is 0 Å². The molecule has 0 unspecified atom stereocenters. The van der Waals surface area contributed by atoms with E-state index >= 15 is 0 Å². The first-order valence-corrected chi connectivity index (χ1v) is 20.6. The van der Waals surface area contributed by atoms with Gasteiger partial charge in [-0.25, -0.2) is 0 Å². The highest BCUT2D eigenvalue weighted by molar-refractivity contribution is 6.06. The van der Waals surface area contributed by atoms with Gasteiger partial charge in [0.15, 0.2) is 11.6 Å². The molecule has 280 valence electrons. The molecular weight excluding hydrogens is 594 g/mol. The van der Waals surface area contributed by atoms with E-state index in [4.69, 9.17) is 4.74 Å². The van der Waals surface area contributed by atoms with Crippen molar-refractivity contribution >= 4 is 17.5 Å². The number of unbranched alkanes of at least 4 members (excludes halogenated alkanes) is 22. The Labute approximate surface area is 298 Å². The molecular formula is C43H79NO4. The molecule has 0 atom stereocenters. The molecule has 0 spiro atoms. The molecule has 0 aromatic heterocycles. The van der Waals surface area contributed by atoms with Crippen molar-refractivity contribution in [3.05, 3.63) is 24.3 Å². The van der Waals surface area contributed by atoms with Crippen LogP contribution in [0.2, 0.25) is 0 Å². The molecule has 5 nitrogen and oxygen atoms in total.